The number of aromatic nitrogens is 1. The van der Waals surface area contributed by atoms with Gasteiger partial charge in [-0.05, 0) is 55.2 Å². The van der Waals surface area contributed by atoms with E-state index < -0.39 is 5.97 Å². The third kappa shape index (κ3) is 4.08. The second kappa shape index (κ2) is 7.95. The van der Waals surface area contributed by atoms with Crippen LogP contribution in [0.15, 0.2) is 48.5 Å². The number of benzene rings is 2. The number of amides is 1. The smallest absolute Gasteiger partial charge is 0.323 e. The van der Waals surface area contributed by atoms with E-state index in [2.05, 4.69) is 5.32 Å². The first-order chi connectivity index (χ1) is 14.0. The molecular weight excluding hydrogens is 375 g/mol. The third-order valence-corrected chi connectivity index (χ3v) is 5.20. The number of rotatable bonds is 6. The summed E-state index contributed by atoms with van der Waals surface area (Å²) in [5.41, 5.74) is 2.51. The van der Waals surface area contributed by atoms with E-state index in [1.165, 1.54) is 12.1 Å². The van der Waals surface area contributed by atoms with Gasteiger partial charge in [-0.25, -0.2) is 4.39 Å². The van der Waals surface area contributed by atoms with Crippen molar-refractivity contribution in [1.29, 1.82) is 0 Å². The highest BCUT2D eigenvalue weighted by atomic mass is 19.1. The number of ether oxygens (including phenoxy) is 1. The average molecular weight is 396 g/mol. The lowest BCUT2D eigenvalue weighted by Gasteiger charge is -2.25. The minimum atomic E-state index is -0.942. The first-order valence-corrected chi connectivity index (χ1v) is 9.50. The molecule has 2 N–H and O–H groups in total. The molecule has 150 valence electrons. The average Bonchev–Trinajstić information content (AvgIpc) is 2.99. The lowest BCUT2D eigenvalue weighted by atomic mass is 9.91. The van der Waals surface area contributed by atoms with Gasteiger partial charge in [-0.1, -0.05) is 18.2 Å². The second-order valence-electron chi connectivity index (χ2n) is 7.18. The van der Waals surface area contributed by atoms with Crippen LogP contribution in [-0.4, -0.2) is 34.2 Å². The van der Waals surface area contributed by atoms with Gasteiger partial charge in [0, 0.05) is 22.6 Å². The monoisotopic (exact) mass is 396 g/mol. The van der Waals surface area contributed by atoms with Gasteiger partial charge in [0.25, 0.3) is 5.91 Å². The Bertz CT molecular complexity index is 1060. The summed E-state index contributed by atoms with van der Waals surface area (Å²) in [6, 6.07) is 13.4. The van der Waals surface area contributed by atoms with Crippen LogP contribution in [0.3, 0.4) is 0 Å². The number of carboxylic acid groups (broad SMARTS) is 1. The Labute approximate surface area is 166 Å². The van der Waals surface area contributed by atoms with Crippen LogP contribution in [0.25, 0.3) is 10.9 Å². The minimum absolute atomic E-state index is 0.0806. The van der Waals surface area contributed by atoms with Gasteiger partial charge in [0.15, 0.2) is 6.61 Å². The SMILES string of the molecule is O=C(O)Cn1c2c(c3cc(F)ccc31)CC(NC(=O)COc1ccccc1)CC2. The summed E-state index contributed by atoms with van der Waals surface area (Å²) in [6.07, 6.45) is 1.82. The molecule has 0 radical (unpaired) electrons. The van der Waals surface area contributed by atoms with E-state index in [9.17, 15) is 19.1 Å². The number of hydrogen-bond acceptors (Lipinski definition) is 3. The maximum absolute atomic E-state index is 13.8. The van der Waals surface area contributed by atoms with Crippen LogP contribution < -0.4 is 10.1 Å². The number of nitrogens with one attached hydrogen (secondary N) is 1. The molecule has 1 amide bonds. The maximum atomic E-state index is 13.8. The van der Waals surface area contributed by atoms with Crippen LogP contribution in [0.4, 0.5) is 4.39 Å². The van der Waals surface area contributed by atoms with Crippen LogP contribution in [0, 0.1) is 5.82 Å². The van der Waals surface area contributed by atoms with Crippen molar-refractivity contribution < 1.29 is 23.8 Å². The minimum Gasteiger partial charge on any atom is -0.484 e. The van der Waals surface area contributed by atoms with Crippen molar-refractivity contribution >= 4 is 22.8 Å². The van der Waals surface area contributed by atoms with Crippen LogP contribution in [-0.2, 0) is 29.0 Å². The molecule has 4 rings (SSSR count). The first-order valence-electron chi connectivity index (χ1n) is 9.50. The predicted octanol–water partition coefficient (Wildman–Crippen LogP) is 2.92. The zero-order chi connectivity index (χ0) is 20.4. The highest BCUT2D eigenvalue weighted by Gasteiger charge is 2.27. The Balaban J connectivity index is 1.50. The van der Waals surface area contributed by atoms with E-state index in [0.29, 0.717) is 35.9 Å². The highest BCUT2D eigenvalue weighted by Crippen LogP contribution is 2.33. The summed E-state index contributed by atoms with van der Waals surface area (Å²) < 4.78 is 21.1. The fraction of sp³-hybridized carbons (Fsp3) is 0.273. The molecule has 3 aromatic rings. The Hall–Kier alpha value is -3.35. The molecule has 7 heteroatoms. The standard InChI is InChI=1S/C22H21FN2O4/c23-14-6-8-19-17(10-14)18-11-15(7-9-20(18)25(19)12-22(27)28)24-21(26)13-29-16-4-2-1-3-5-16/h1-6,8,10,15H,7,9,11-13H2,(H,24,26)(H,27,28). The van der Waals surface area contributed by atoms with E-state index in [1.807, 2.05) is 18.2 Å². The molecule has 1 aliphatic carbocycles. The van der Waals surface area contributed by atoms with Gasteiger partial charge in [-0.15, -0.1) is 0 Å². The van der Waals surface area contributed by atoms with Crippen molar-refractivity contribution in [2.45, 2.75) is 31.8 Å². The molecular formula is C22H21FN2O4. The summed E-state index contributed by atoms with van der Waals surface area (Å²) in [5.74, 6) is -0.902. The van der Waals surface area contributed by atoms with Gasteiger partial charge in [-0.3, -0.25) is 9.59 Å². The summed E-state index contributed by atoms with van der Waals surface area (Å²) in [5, 5.41) is 12.9. The first kappa shape index (κ1) is 19.0. The number of halogens is 1. The van der Waals surface area contributed by atoms with Gasteiger partial charge in [0.2, 0.25) is 0 Å². The molecule has 1 aromatic heterocycles. The normalized spacial score (nSPS) is 15.7. The topological polar surface area (TPSA) is 80.6 Å². The largest absolute Gasteiger partial charge is 0.484 e. The number of carbonyl (C=O) groups excluding carboxylic acids is 1. The molecule has 0 fully saturated rings. The second-order valence-corrected chi connectivity index (χ2v) is 7.18. The fourth-order valence-corrected chi connectivity index (χ4v) is 4.00. The molecule has 6 nitrogen and oxygen atoms in total. The van der Waals surface area contributed by atoms with Crippen LogP contribution in [0.5, 0.6) is 5.75 Å². The van der Waals surface area contributed by atoms with Crippen molar-refractivity contribution in [3.63, 3.8) is 0 Å². The molecule has 0 saturated heterocycles. The number of nitrogens with zero attached hydrogens (tertiary/aromatic N) is 1. The molecule has 1 atom stereocenters. The molecule has 0 bridgehead atoms. The number of carboxylic acids is 1. The Morgan fingerprint density at radius 2 is 2.00 bits per heavy atom. The third-order valence-electron chi connectivity index (χ3n) is 5.20. The van der Waals surface area contributed by atoms with E-state index in [0.717, 1.165) is 11.3 Å². The van der Waals surface area contributed by atoms with Gasteiger partial charge in [0.1, 0.15) is 18.1 Å². The Kier molecular flexibility index (Phi) is 5.20. The lowest BCUT2D eigenvalue weighted by Crippen LogP contribution is -2.41. The molecule has 29 heavy (non-hydrogen) atoms. The van der Waals surface area contributed by atoms with Gasteiger partial charge in [-0.2, -0.15) is 0 Å². The van der Waals surface area contributed by atoms with Crippen molar-refractivity contribution in [2.24, 2.45) is 0 Å². The van der Waals surface area contributed by atoms with Crippen molar-refractivity contribution in [3.05, 3.63) is 65.6 Å². The van der Waals surface area contributed by atoms with Crippen LogP contribution in [0.2, 0.25) is 0 Å². The van der Waals surface area contributed by atoms with Gasteiger partial charge in [0.05, 0.1) is 0 Å². The molecule has 1 aliphatic rings. The quantitative estimate of drug-likeness (QED) is 0.671. The highest BCUT2D eigenvalue weighted by molar-refractivity contribution is 5.87. The van der Waals surface area contributed by atoms with Crippen molar-refractivity contribution in [2.75, 3.05) is 6.61 Å². The van der Waals surface area contributed by atoms with Crippen molar-refractivity contribution in [1.82, 2.24) is 9.88 Å². The van der Waals surface area contributed by atoms with E-state index in [1.54, 1.807) is 22.8 Å². The molecule has 0 saturated carbocycles. The maximum Gasteiger partial charge on any atom is 0.323 e. The molecule has 1 unspecified atom stereocenters. The summed E-state index contributed by atoms with van der Waals surface area (Å²) >= 11 is 0. The number of fused-ring (bicyclic) bond motifs is 3. The lowest BCUT2D eigenvalue weighted by molar-refractivity contribution is -0.137. The fourth-order valence-electron chi connectivity index (χ4n) is 4.00. The van der Waals surface area contributed by atoms with Crippen molar-refractivity contribution in [3.8, 4) is 5.75 Å². The van der Waals surface area contributed by atoms with E-state index in [-0.39, 0.29) is 30.9 Å². The molecule has 0 aliphatic heterocycles. The zero-order valence-electron chi connectivity index (χ0n) is 15.7. The molecule has 1 heterocycles. The predicted molar refractivity (Wildman–Crippen MR) is 105 cm³/mol. The molecule has 2 aromatic carbocycles. The summed E-state index contributed by atoms with van der Waals surface area (Å²) in [7, 11) is 0. The van der Waals surface area contributed by atoms with Crippen LogP contribution >= 0.6 is 0 Å². The number of aliphatic carboxylic acids is 1. The summed E-state index contributed by atoms with van der Waals surface area (Å²) in [6.45, 7) is -0.248. The Morgan fingerprint density at radius 1 is 1.21 bits per heavy atom. The summed E-state index contributed by atoms with van der Waals surface area (Å²) in [4.78, 5) is 23.6. The van der Waals surface area contributed by atoms with E-state index in [4.69, 9.17) is 4.74 Å². The Morgan fingerprint density at radius 3 is 2.76 bits per heavy atom. The molecule has 0 spiro atoms. The number of carbonyl (C=O) groups is 2. The van der Waals surface area contributed by atoms with Gasteiger partial charge < -0.3 is 19.7 Å². The number of para-hydroxylation sites is 1. The van der Waals surface area contributed by atoms with Crippen LogP contribution in [0.1, 0.15) is 17.7 Å². The van der Waals surface area contributed by atoms with Gasteiger partial charge >= 0.3 is 5.97 Å². The van der Waals surface area contributed by atoms with E-state index >= 15 is 0 Å². The zero-order valence-corrected chi connectivity index (χ0v) is 15.7. The number of hydrogen-bond donors (Lipinski definition) is 2.